The summed E-state index contributed by atoms with van der Waals surface area (Å²) in [7, 11) is 0. The number of benzene rings is 1. The van der Waals surface area contributed by atoms with Crippen LogP contribution < -0.4 is 15.4 Å². The van der Waals surface area contributed by atoms with Gasteiger partial charge < -0.3 is 15.4 Å². The van der Waals surface area contributed by atoms with Gasteiger partial charge in [0, 0.05) is 18.5 Å². The molecule has 2 N–H and O–H groups in total. The van der Waals surface area contributed by atoms with Gasteiger partial charge in [0.05, 0.1) is 6.61 Å². The molecule has 0 aliphatic heterocycles. The smallest absolute Gasteiger partial charge is 0.280 e. The van der Waals surface area contributed by atoms with E-state index in [0.717, 1.165) is 22.6 Å². The summed E-state index contributed by atoms with van der Waals surface area (Å²) in [5.41, 5.74) is 1.21. The van der Waals surface area contributed by atoms with Gasteiger partial charge in [0.1, 0.15) is 11.4 Å². The Labute approximate surface area is 138 Å². The van der Waals surface area contributed by atoms with Gasteiger partial charge in [-0.1, -0.05) is 12.1 Å². The molecule has 122 valence electrons. The van der Waals surface area contributed by atoms with Crippen LogP contribution in [0.2, 0.25) is 0 Å². The van der Waals surface area contributed by atoms with Crippen molar-refractivity contribution in [2.75, 3.05) is 13.2 Å². The van der Waals surface area contributed by atoms with Crippen molar-refractivity contribution in [3.63, 3.8) is 0 Å². The largest absolute Gasteiger partial charge is 0.494 e. The lowest BCUT2D eigenvalue weighted by Crippen LogP contribution is -2.25. The molecule has 0 unspecified atom stereocenters. The Morgan fingerprint density at radius 3 is 2.52 bits per heavy atom. The number of nitrogens with zero attached hydrogens (tertiary/aromatic N) is 1. The molecule has 1 aromatic heterocycles. The molecule has 0 bridgehead atoms. The van der Waals surface area contributed by atoms with E-state index in [1.807, 2.05) is 38.1 Å². The van der Waals surface area contributed by atoms with Gasteiger partial charge in [-0.2, -0.15) is 0 Å². The number of carbonyl (C=O) groups excluding carboxylic acids is 2. The Kier molecular flexibility index (Phi) is 6.10. The lowest BCUT2D eigenvalue weighted by Gasteiger charge is -2.06. The van der Waals surface area contributed by atoms with E-state index >= 15 is 0 Å². The Balaban J connectivity index is 1.90. The molecule has 0 saturated heterocycles. The van der Waals surface area contributed by atoms with Gasteiger partial charge in [-0.25, -0.2) is 4.98 Å². The second kappa shape index (κ2) is 8.28. The topological polar surface area (TPSA) is 80.3 Å². The van der Waals surface area contributed by atoms with Crippen molar-refractivity contribution < 1.29 is 14.3 Å². The van der Waals surface area contributed by atoms with E-state index in [9.17, 15) is 9.59 Å². The third kappa shape index (κ3) is 4.79. The molecule has 0 fully saturated rings. The van der Waals surface area contributed by atoms with Crippen LogP contribution in [0.1, 0.15) is 39.7 Å². The van der Waals surface area contributed by atoms with E-state index in [2.05, 4.69) is 15.6 Å². The quantitative estimate of drug-likeness (QED) is 0.814. The molecular weight excluding hydrogens is 314 g/mol. The van der Waals surface area contributed by atoms with Crippen LogP contribution in [0.3, 0.4) is 0 Å². The molecule has 1 heterocycles. The highest BCUT2D eigenvalue weighted by Gasteiger charge is 2.14. The van der Waals surface area contributed by atoms with Crippen LogP contribution in [0.25, 0.3) is 0 Å². The number of hydrogen-bond acceptors (Lipinski definition) is 5. The number of thiazole rings is 1. The zero-order valence-corrected chi connectivity index (χ0v) is 13.9. The fourth-order valence-corrected chi connectivity index (χ4v) is 2.57. The highest BCUT2D eigenvalue weighted by Crippen LogP contribution is 2.13. The van der Waals surface area contributed by atoms with Crippen molar-refractivity contribution in [2.24, 2.45) is 0 Å². The number of ether oxygens (including phenoxy) is 1. The van der Waals surface area contributed by atoms with Crippen molar-refractivity contribution in [1.82, 2.24) is 15.6 Å². The van der Waals surface area contributed by atoms with Gasteiger partial charge in [0.2, 0.25) is 0 Å². The predicted molar refractivity (Wildman–Crippen MR) is 88.9 cm³/mol. The Bertz CT molecular complexity index is 667. The van der Waals surface area contributed by atoms with Crippen molar-refractivity contribution in [1.29, 1.82) is 0 Å². The molecule has 0 radical (unpaired) electrons. The first kappa shape index (κ1) is 17.0. The fourth-order valence-electron chi connectivity index (χ4n) is 1.86. The SMILES string of the molecule is CCNC(=O)c1nc(C(=O)NCc2ccc(OCC)cc2)cs1. The first-order chi connectivity index (χ1) is 11.1. The van der Waals surface area contributed by atoms with Gasteiger partial charge in [-0.3, -0.25) is 9.59 Å². The lowest BCUT2D eigenvalue weighted by molar-refractivity contribution is 0.0946. The third-order valence-corrected chi connectivity index (χ3v) is 3.80. The van der Waals surface area contributed by atoms with E-state index in [1.165, 1.54) is 0 Å². The molecule has 0 saturated carbocycles. The second-order valence-electron chi connectivity index (χ2n) is 4.66. The average molecular weight is 333 g/mol. The van der Waals surface area contributed by atoms with Crippen molar-refractivity contribution in [3.8, 4) is 5.75 Å². The standard InChI is InChI=1S/C16H19N3O3S/c1-3-17-15(21)16-19-13(10-23-16)14(20)18-9-11-5-7-12(8-6-11)22-4-2/h5-8,10H,3-4,9H2,1-2H3,(H,17,21)(H,18,20). The number of carbonyl (C=O) groups is 2. The molecule has 23 heavy (non-hydrogen) atoms. The first-order valence-electron chi connectivity index (χ1n) is 7.37. The molecule has 2 amide bonds. The third-order valence-electron chi connectivity index (χ3n) is 2.96. The zero-order valence-electron chi connectivity index (χ0n) is 13.1. The van der Waals surface area contributed by atoms with Crippen LogP contribution in [0.5, 0.6) is 5.75 Å². The van der Waals surface area contributed by atoms with Gasteiger partial charge in [0.15, 0.2) is 5.01 Å². The van der Waals surface area contributed by atoms with Crippen LogP contribution in [-0.2, 0) is 6.54 Å². The number of aromatic nitrogens is 1. The number of hydrogen-bond donors (Lipinski definition) is 2. The van der Waals surface area contributed by atoms with E-state index in [4.69, 9.17) is 4.74 Å². The minimum atomic E-state index is -0.300. The van der Waals surface area contributed by atoms with Crippen LogP contribution >= 0.6 is 11.3 Å². The fraction of sp³-hybridized carbons (Fsp3) is 0.312. The van der Waals surface area contributed by atoms with Crippen molar-refractivity contribution >= 4 is 23.2 Å². The summed E-state index contributed by atoms with van der Waals surface area (Å²) in [6, 6.07) is 7.51. The van der Waals surface area contributed by atoms with Gasteiger partial charge in [-0.05, 0) is 31.5 Å². The molecule has 0 aliphatic rings. The van der Waals surface area contributed by atoms with Crippen LogP contribution in [0.15, 0.2) is 29.6 Å². The Hall–Kier alpha value is -2.41. The van der Waals surface area contributed by atoms with Crippen LogP contribution in [0.4, 0.5) is 0 Å². The Morgan fingerprint density at radius 1 is 1.13 bits per heavy atom. The summed E-state index contributed by atoms with van der Waals surface area (Å²) in [5, 5.41) is 7.31. The van der Waals surface area contributed by atoms with Crippen molar-refractivity contribution in [3.05, 3.63) is 45.9 Å². The number of nitrogens with one attached hydrogen (secondary N) is 2. The minimum absolute atomic E-state index is 0.252. The normalized spacial score (nSPS) is 10.2. The maximum Gasteiger partial charge on any atom is 0.280 e. The number of rotatable bonds is 7. The van der Waals surface area contributed by atoms with E-state index in [1.54, 1.807) is 5.38 Å². The predicted octanol–water partition coefficient (Wildman–Crippen LogP) is 2.22. The van der Waals surface area contributed by atoms with Crippen LogP contribution in [-0.4, -0.2) is 29.9 Å². The molecular formula is C16H19N3O3S. The molecule has 0 spiro atoms. The summed E-state index contributed by atoms with van der Waals surface area (Å²) >= 11 is 1.15. The summed E-state index contributed by atoms with van der Waals surface area (Å²) in [6.07, 6.45) is 0. The molecule has 2 aromatic rings. The molecule has 0 aliphatic carbocycles. The highest BCUT2D eigenvalue weighted by molar-refractivity contribution is 7.11. The first-order valence-corrected chi connectivity index (χ1v) is 8.25. The Morgan fingerprint density at radius 2 is 1.87 bits per heavy atom. The number of amides is 2. The molecule has 0 atom stereocenters. The van der Waals surface area contributed by atoms with Gasteiger partial charge in [0.25, 0.3) is 11.8 Å². The van der Waals surface area contributed by atoms with E-state index < -0.39 is 0 Å². The summed E-state index contributed by atoms with van der Waals surface area (Å²) < 4.78 is 5.37. The summed E-state index contributed by atoms with van der Waals surface area (Å²) in [6.45, 7) is 5.29. The summed E-state index contributed by atoms with van der Waals surface area (Å²) in [4.78, 5) is 27.8. The molecule has 6 nitrogen and oxygen atoms in total. The van der Waals surface area contributed by atoms with E-state index in [-0.39, 0.29) is 22.5 Å². The highest BCUT2D eigenvalue weighted by atomic mass is 32.1. The maximum atomic E-state index is 12.1. The summed E-state index contributed by atoms with van der Waals surface area (Å²) in [5.74, 6) is 0.238. The monoisotopic (exact) mass is 333 g/mol. The second-order valence-corrected chi connectivity index (χ2v) is 5.52. The zero-order chi connectivity index (χ0) is 16.7. The molecule has 2 rings (SSSR count). The maximum absolute atomic E-state index is 12.1. The minimum Gasteiger partial charge on any atom is -0.494 e. The lowest BCUT2D eigenvalue weighted by atomic mass is 10.2. The average Bonchev–Trinajstić information content (AvgIpc) is 3.05. The molecule has 7 heteroatoms. The van der Waals surface area contributed by atoms with Crippen molar-refractivity contribution in [2.45, 2.75) is 20.4 Å². The van der Waals surface area contributed by atoms with Gasteiger partial charge >= 0.3 is 0 Å². The van der Waals surface area contributed by atoms with E-state index in [0.29, 0.717) is 19.7 Å². The molecule has 1 aromatic carbocycles. The van der Waals surface area contributed by atoms with Gasteiger partial charge in [-0.15, -0.1) is 11.3 Å². The van der Waals surface area contributed by atoms with Crippen LogP contribution in [0, 0.1) is 0 Å².